The number of benzene rings is 2. The quantitative estimate of drug-likeness (QED) is 0.575. The average Bonchev–Trinajstić information content (AvgIpc) is 2.71. The van der Waals surface area contributed by atoms with Crippen LogP contribution in [-0.2, 0) is 12.7 Å². The number of anilines is 1. The largest absolute Gasteiger partial charge is 0.465 e. The summed E-state index contributed by atoms with van der Waals surface area (Å²) in [6.45, 7) is 9.02. The van der Waals surface area contributed by atoms with Crippen molar-refractivity contribution in [1.82, 2.24) is 4.90 Å². The number of alkyl halides is 3. The van der Waals surface area contributed by atoms with Gasteiger partial charge in [0, 0.05) is 30.9 Å². The molecule has 1 fully saturated rings. The van der Waals surface area contributed by atoms with E-state index in [9.17, 15) is 23.1 Å². The average molecular weight is 449 g/mol. The second-order valence-corrected chi connectivity index (χ2v) is 9.69. The number of carboxylic acid groups (broad SMARTS) is 1. The van der Waals surface area contributed by atoms with Crippen molar-refractivity contribution < 1.29 is 23.1 Å². The van der Waals surface area contributed by atoms with Crippen LogP contribution in [0.5, 0.6) is 0 Å². The molecule has 1 aliphatic rings. The van der Waals surface area contributed by atoms with Crippen LogP contribution < -0.4 is 4.90 Å². The summed E-state index contributed by atoms with van der Waals surface area (Å²) < 4.78 is 38.9. The van der Waals surface area contributed by atoms with Gasteiger partial charge >= 0.3 is 12.3 Å². The summed E-state index contributed by atoms with van der Waals surface area (Å²) in [7, 11) is 0. The zero-order valence-corrected chi connectivity index (χ0v) is 19.0. The maximum absolute atomic E-state index is 13.0. The molecule has 1 aliphatic heterocycles. The van der Waals surface area contributed by atoms with Crippen molar-refractivity contribution in [3.05, 3.63) is 65.2 Å². The number of hydrogen-bond acceptors (Lipinski definition) is 2. The lowest BCUT2D eigenvalue weighted by Crippen LogP contribution is -2.56. The number of halogens is 3. The molecule has 2 aromatic rings. The first-order valence-corrected chi connectivity index (χ1v) is 10.9. The molecule has 0 saturated carbocycles. The highest BCUT2D eigenvalue weighted by Gasteiger charge is 2.40. The van der Waals surface area contributed by atoms with E-state index in [1.54, 1.807) is 0 Å². The molecule has 4 nitrogen and oxygen atoms in total. The normalized spacial score (nSPS) is 19.7. The van der Waals surface area contributed by atoms with Crippen molar-refractivity contribution in [3.63, 3.8) is 0 Å². The van der Waals surface area contributed by atoms with E-state index < -0.39 is 17.8 Å². The van der Waals surface area contributed by atoms with Gasteiger partial charge in [-0.25, -0.2) is 4.79 Å². The summed E-state index contributed by atoms with van der Waals surface area (Å²) in [5, 5.41) is 9.69. The zero-order valence-electron chi connectivity index (χ0n) is 19.0. The number of likely N-dealkylation sites (tertiary alicyclic amines) is 1. The van der Waals surface area contributed by atoms with Crippen molar-refractivity contribution in [2.45, 2.75) is 65.3 Å². The van der Waals surface area contributed by atoms with E-state index in [4.69, 9.17) is 0 Å². The molecule has 2 unspecified atom stereocenters. The fraction of sp³-hybridized carbons (Fsp3) is 0.480. The number of piperidine rings is 1. The Morgan fingerprint density at radius 1 is 1.06 bits per heavy atom. The Balaban J connectivity index is 1.91. The van der Waals surface area contributed by atoms with Crippen molar-refractivity contribution >= 4 is 11.8 Å². The maximum atomic E-state index is 13.0. The van der Waals surface area contributed by atoms with E-state index in [1.165, 1.54) is 17.0 Å². The Morgan fingerprint density at radius 2 is 1.66 bits per heavy atom. The molecule has 32 heavy (non-hydrogen) atoms. The van der Waals surface area contributed by atoms with Gasteiger partial charge in [-0.05, 0) is 55.0 Å². The van der Waals surface area contributed by atoms with Gasteiger partial charge in [0.25, 0.3) is 0 Å². The highest BCUT2D eigenvalue weighted by Crippen LogP contribution is 2.36. The number of aryl methyl sites for hydroxylation is 1. The predicted molar refractivity (Wildman–Crippen MR) is 120 cm³/mol. The van der Waals surface area contributed by atoms with Crippen LogP contribution in [-0.4, -0.2) is 34.7 Å². The van der Waals surface area contributed by atoms with Gasteiger partial charge < -0.3 is 14.9 Å². The van der Waals surface area contributed by atoms with Crippen molar-refractivity contribution in [3.8, 4) is 0 Å². The molecule has 1 amide bonds. The third-order valence-corrected chi connectivity index (χ3v) is 6.26. The van der Waals surface area contributed by atoms with Crippen LogP contribution >= 0.6 is 0 Å². The summed E-state index contributed by atoms with van der Waals surface area (Å²) in [6.07, 6.45) is -3.95. The van der Waals surface area contributed by atoms with E-state index in [0.29, 0.717) is 25.9 Å². The highest BCUT2D eigenvalue weighted by atomic mass is 19.4. The van der Waals surface area contributed by atoms with Gasteiger partial charge in [0.2, 0.25) is 0 Å². The smallest absolute Gasteiger partial charge is 0.416 e. The molecule has 0 bridgehead atoms. The Labute approximate surface area is 187 Å². The lowest BCUT2D eigenvalue weighted by atomic mass is 9.78. The monoisotopic (exact) mass is 448 g/mol. The van der Waals surface area contributed by atoms with Gasteiger partial charge in [0.05, 0.1) is 5.56 Å². The molecule has 0 spiro atoms. The second-order valence-electron chi connectivity index (χ2n) is 9.69. The number of nitrogens with zero attached hydrogens (tertiary/aromatic N) is 2. The first kappa shape index (κ1) is 24.0. The molecular weight excluding hydrogens is 417 g/mol. The van der Waals surface area contributed by atoms with Crippen LogP contribution in [0.4, 0.5) is 23.7 Å². The number of rotatable bonds is 4. The molecule has 1 saturated heterocycles. The van der Waals surface area contributed by atoms with Gasteiger partial charge in [-0.1, -0.05) is 50.6 Å². The summed E-state index contributed by atoms with van der Waals surface area (Å²) in [4.78, 5) is 15.6. The zero-order chi connectivity index (χ0) is 23.7. The number of hydrogen-bond donors (Lipinski definition) is 1. The van der Waals surface area contributed by atoms with Crippen LogP contribution in [0.15, 0.2) is 48.5 Å². The summed E-state index contributed by atoms with van der Waals surface area (Å²) in [5.74, 6) is 0. The second kappa shape index (κ2) is 9.04. The minimum absolute atomic E-state index is 0.0693. The van der Waals surface area contributed by atoms with E-state index >= 15 is 0 Å². The first-order valence-electron chi connectivity index (χ1n) is 10.9. The molecule has 7 heteroatoms. The van der Waals surface area contributed by atoms with Crippen LogP contribution in [0.25, 0.3) is 0 Å². The Morgan fingerprint density at radius 3 is 2.16 bits per heavy atom. The van der Waals surface area contributed by atoms with Crippen molar-refractivity contribution in [2.24, 2.45) is 5.41 Å². The minimum Gasteiger partial charge on any atom is -0.465 e. The van der Waals surface area contributed by atoms with E-state index in [1.807, 2.05) is 52.0 Å². The Bertz CT molecular complexity index is 918. The Kier molecular flexibility index (Phi) is 6.77. The van der Waals surface area contributed by atoms with Crippen LogP contribution in [0, 0.1) is 12.3 Å². The molecule has 0 radical (unpaired) electrons. The molecule has 3 rings (SSSR count). The van der Waals surface area contributed by atoms with E-state index in [0.717, 1.165) is 28.9 Å². The lowest BCUT2D eigenvalue weighted by molar-refractivity contribution is -0.137. The van der Waals surface area contributed by atoms with Gasteiger partial charge in [-0.2, -0.15) is 13.2 Å². The summed E-state index contributed by atoms with van der Waals surface area (Å²) >= 11 is 0. The third kappa shape index (κ3) is 5.56. The van der Waals surface area contributed by atoms with Crippen LogP contribution in [0.1, 0.15) is 50.3 Å². The predicted octanol–water partition coefficient (Wildman–Crippen LogP) is 6.58. The van der Waals surface area contributed by atoms with E-state index in [-0.39, 0.29) is 17.5 Å². The van der Waals surface area contributed by atoms with Gasteiger partial charge in [-0.3, -0.25) is 0 Å². The molecule has 2 aromatic carbocycles. The summed E-state index contributed by atoms with van der Waals surface area (Å²) in [6, 6.07) is 13.3. The maximum Gasteiger partial charge on any atom is 0.416 e. The fourth-order valence-corrected chi connectivity index (χ4v) is 4.44. The first-order chi connectivity index (χ1) is 14.9. The molecule has 174 valence electrons. The SMILES string of the molecule is Cc1ccc(N(Cc2ccc(C(F)(F)F)cc2)C2CCN(C(=O)O)C(C(C)(C)C)C2)cc1. The fourth-order valence-electron chi connectivity index (χ4n) is 4.44. The van der Waals surface area contributed by atoms with Crippen LogP contribution in [0.2, 0.25) is 0 Å². The molecular formula is C25H31F3N2O2. The standard InChI is InChI=1S/C25H31F3N2O2/c1-17-5-11-20(12-6-17)30(16-18-7-9-19(10-8-18)25(26,27)28)21-13-14-29(23(31)32)22(15-21)24(2,3)4/h5-12,21-22H,13-16H2,1-4H3,(H,31,32). The van der Waals surface area contributed by atoms with Crippen molar-refractivity contribution in [2.75, 3.05) is 11.4 Å². The molecule has 0 aliphatic carbocycles. The lowest BCUT2D eigenvalue weighted by Gasteiger charge is -2.48. The van der Waals surface area contributed by atoms with Crippen molar-refractivity contribution in [1.29, 1.82) is 0 Å². The molecule has 0 aromatic heterocycles. The van der Waals surface area contributed by atoms with E-state index in [2.05, 4.69) is 4.90 Å². The van der Waals surface area contributed by atoms with Gasteiger partial charge in [-0.15, -0.1) is 0 Å². The topological polar surface area (TPSA) is 43.8 Å². The summed E-state index contributed by atoms with van der Waals surface area (Å²) in [5.41, 5.74) is 2.00. The van der Waals surface area contributed by atoms with Gasteiger partial charge in [0.1, 0.15) is 0 Å². The molecule has 1 heterocycles. The van der Waals surface area contributed by atoms with Gasteiger partial charge in [0.15, 0.2) is 0 Å². The highest BCUT2D eigenvalue weighted by molar-refractivity contribution is 5.66. The molecule has 2 atom stereocenters. The Hall–Kier alpha value is -2.70. The third-order valence-electron chi connectivity index (χ3n) is 6.26. The minimum atomic E-state index is -4.36. The molecule has 1 N–H and O–H groups in total. The van der Waals surface area contributed by atoms with Crippen LogP contribution in [0.3, 0.4) is 0 Å². The number of amides is 1. The number of carbonyl (C=O) groups is 1.